The Morgan fingerprint density at radius 2 is 1.92 bits per heavy atom. The van der Waals surface area contributed by atoms with Gasteiger partial charge in [0.1, 0.15) is 11.5 Å². The van der Waals surface area contributed by atoms with Crippen molar-refractivity contribution < 1.29 is 14.3 Å². The molecule has 26 heavy (non-hydrogen) atoms. The number of benzene rings is 2. The van der Waals surface area contributed by atoms with E-state index in [-0.39, 0.29) is 12.5 Å². The van der Waals surface area contributed by atoms with Crippen LogP contribution in [0.4, 0.5) is 5.13 Å². The fraction of sp³-hybridized carbons (Fsp3) is 0.167. The maximum Gasteiger partial charge on any atom is 0.264 e. The van der Waals surface area contributed by atoms with Crippen molar-refractivity contribution in [3.05, 3.63) is 53.1 Å². The monoisotopic (exact) mass is 389 g/mol. The van der Waals surface area contributed by atoms with E-state index in [1.807, 2.05) is 31.2 Å². The van der Waals surface area contributed by atoms with Crippen molar-refractivity contribution in [2.75, 3.05) is 19.0 Å². The van der Waals surface area contributed by atoms with E-state index in [2.05, 4.69) is 14.7 Å². The van der Waals surface area contributed by atoms with Gasteiger partial charge in [0.25, 0.3) is 5.91 Å². The molecule has 0 bridgehead atoms. The molecule has 0 atom stereocenters. The predicted molar refractivity (Wildman–Crippen MR) is 102 cm³/mol. The van der Waals surface area contributed by atoms with E-state index in [4.69, 9.17) is 21.1 Å². The van der Waals surface area contributed by atoms with Crippen molar-refractivity contribution in [3.63, 3.8) is 0 Å². The molecule has 3 rings (SSSR count). The Kier molecular flexibility index (Phi) is 5.70. The van der Waals surface area contributed by atoms with Crippen molar-refractivity contribution in [1.82, 2.24) is 9.36 Å². The quantitative estimate of drug-likeness (QED) is 0.684. The van der Waals surface area contributed by atoms with Gasteiger partial charge in [0.2, 0.25) is 5.13 Å². The van der Waals surface area contributed by atoms with Crippen molar-refractivity contribution in [3.8, 4) is 22.9 Å². The molecule has 134 valence electrons. The predicted octanol–water partition coefficient (Wildman–Crippen LogP) is 4.19. The first kappa shape index (κ1) is 18.2. The summed E-state index contributed by atoms with van der Waals surface area (Å²) in [5.41, 5.74) is 1.73. The van der Waals surface area contributed by atoms with Gasteiger partial charge in [-0.2, -0.15) is 9.36 Å². The molecular weight excluding hydrogens is 374 g/mol. The third-order valence-corrected chi connectivity index (χ3v) is 4.57. The van der Waals surface area contributed by atoms with E-state index in [1.54, 1.807) is 25.3 Å². The van der Waals surface area contributed by atoms with Crippen molar-refractivity contribution >= 4 is 34.2 Å². The number of rotatable bonds is 6. The highest BCUT2D eigenvalue weighted by Gasteiger charge is 2.11. The molecule has 1 aromatic heterocycles. The van der Waals surface area contributed by atoms with Crippen LogP contribution in [0, 0.1) is 6.92 Å². The lowest BCUT2D eigenvalue weighted by atomic mass is 10.2. The summed E-state index contributed by atoms with van der Waals surface area (Å²) >= 11 is 7.08. The number of aryl methyl sites for hydroxylation is 1. The summed E-state index contributed by atoms with van der Waals surface area (Å²) in [5.74, 6) is 1.57. The molecule has 2 aromatic carbocycles. The maximum atomic E-state index is 12.0. The molecule has 0 saturated heterocycles. The van der Waals surface area contributed by atoms with Crippen LogP contribution >= 0.6 is 23.1 Å². The lowest BCUT2D eigenvalue weighted by molar-refractivity contribution is -0.118. The molecule has 0 aliphatic carbocycles. The topological polar surface area (TPSA) is 73.3 Å². The largest absolute Gasteiger partial charge is 0.497 e. The minimum Gasteiger partial charge on any atom is -0.497 e. The summed E-state index contributed by atoms with van der Waals surface area (Å²) in [7, 11) is 1.61. The van der Waals surface area contributed by atoms with E-state index in [9.17, 15) is 4.79 Å². The second-order valence-corrected chi connectivity index (χ2v) is 6.56. The number of carbonyl (C=O) groups is 1. The molecule has 6 nitrogen and oxygen atoms in total. The van der Waals surface area contributed by atoms with E-state index in [0.717, 1.165) is 28.4 Å². The van der Waals surface area contributed by atoms with E-state index in [0.29, 0.717) is 21.7 Å². The zero-order valence-electron chi connectivity index (χ0n) is 14.2. The number of anilines is 1. The molecule has 1 heterocycles. The average molecular weight is 390 g/mol. The van der Waals surface area contributed by atoms with Crippen LogP contribution in [0.15, 0.2) is 42.5 Å². The number of hydrogen-bond donors (Lipinski definition) is 1. The smallest absolute Gasteiger partial charge is 0.264 e. The van der Waals surface area contributed by atoms with Crippen LogP contribution in [0.2, 0.25) is 5.02 Å². The standard InChI is InChI=1S/C18H16ClN3O3S/c1-11-9-14(7-8-15(11)19)25-10-16(23)20-18-21-17(22-26-18)12-3-5-13(24-2)6-4-12/h3-9H,10H2,1-2H3,(H,20,21,22,23). The van der Waals surface area contributed by atoms with Crippen LogP contribution in [0.3, 0.4) is 0 Å². The summed E-state index contributed by atoms with van der Waals surface area (Å²) in [6.07, 6.45) is 0. The van der Waals surface area contributed by atoms with Gasteiger partial charge >= 0.3 is 0 Å². The van der Waals surface area contributed by atoms with Crippen molar-refractivity contribution in [1.29, 1.82) is 0 Å². The van der Waals surface area contributed by atoms with Gasteiger partial charge < -0.3 is 9.47 Å². The fourth-order valence-corrected chi connectivity index (χ4v) is 2.87. The summed E-state index contributed by atoms with van der Waals surface area (Å²) < 4.78 is 14.8. The Bertz CT molecular complexity index is 912. The van der Waals surface area contributed by atoms with Gasteiger partial charge in [-0.3, -0.25) is 10.1 Å². The Morgan fingerprint density at radius 3 is 2.62 bits per heavy atom. The van der Waals surface area contributed by atoms with Crippen LogP contribution in [0.25, 0.3) is 11.4 Å². The minimum atomic E-state index is -0.310. The van der Waals surface area contributed by atoms with Gasteiger partial charge in [0.15, 0.2) is 12.4 Å². The van der Waals surface area contributed by atoms with Gasteiger partial charge in [-0.25, -0.2) is 0 Å². The number of carbonyl (C=O) groups excluding carboxylic acids is 1. The summed E-state index contributed by atoms with van der Waals surface area (Å²) in [6.45, 7) is 1.75. The van der Waals surface area contributed by atoms with Crippen LogP contribution in [0.5, 0.6) is 11.5 Å². The highest BCUT2D eigenvalue weighted by Crippen LogP contribution is 2.24. The van der Waals surface area contributed by atoms with E-state index < -0.39 is 0 Å². The zero-order valence-corrected chi connectivity index (χ0v) is 15.7. The molecule has 0 aliphatic heterocycles. The minimum absolute atomic E-state index is 0.126. The molecule has 0 unspecified atom stereocenters. The number of aromatic nitrogens is 2. The average Bonchev–Trinajstić information content (AvgIpc) is 3.11. The number of hydrogen-bond acceptors (Lipinski definition) is 6. The van der Waals surface area contributed by atoms with Gasteiger partial charge in [-0.1, -0.05) is 11.6 Å². The molecular formula is C18H16ClN3O3S. The molecule has 8 heteroatoms. The maximum absolute atomic E-state index is 12.0. The summed E-state index contributed by atoms with van der Waals surface area (Å²) in [6, 6.07) is 12.6. The van der Waals surface area contributed by atoms with E-state index in [1.165, 1.54) is 0 Å². The first-order chi connectivity index (χ1) is 12.5. The molecule has 3 aromatic rings. The molecule has 0 fully saturated rings. The second-order valence-electron chi connectivity index (χ2n) is 5.40. The lowest BCUT2D eigenvalue weighted by Gasteiger charge is -2.07. The Morgan fingerprint density at radius 1 is 1.19 bits per heavy atom. The molecule has 0 aliphatic rings. The third-order valence-electron chi connectivity index (χ3n) is 3.52. The van der Waals surface area contributed by atoms with Crippen LogP contribution in [0.1, 0.15) is 5.56 Å². The highest BCUT2D eigenvalue weighted by molar-refractivity contribution is 7.10. The molecule has 0 radical (unpaired) electrons. The van der Waals surface area contributed by atoms with Gasteiger partial charge in [-0.05, 0) is 55.0 Å². The number of ether oxygens (including phenoxy) is 2. The molecule has 1 N–H and O–H groups in total. The Hall–Kier alpha value is -2.64. The van der Waals surface area contributed by atoms with Gasteiger partial charge in [0.05, 0.1) is 7.11 Å². The fourth-order valence-electron chi connectivity index (χ4n) is 2.14. The highest BCUT2D eigenvalue weighted by atomic mass is 35.5. The van der Waals surface area contributed by atoms with Crippen molar-refractivity contribution in [2.24, 2.45) is 0 Å². The van der Waals surface area contributed by atoms with Crippen molar-refractivity contribution in [2.45, 2.75) is 6.92 Å². The number of halogens is 1. The van der Waals surface area contributed by atoms with Crippen LogP contribution in [-0.4, -0.2) is 29.0 Å². The van der Waals surface area contributed by atoms with Crippen LogP contribution in [-0.2, 0) is 4.79 Å². The van der Waals surface area contributed by atoms with E-state index >= 15 is 0 Å². The summed E-state index contributed by atoms with van der Waals surface area (Å²) in [4.78, 5) is 16.3. The first-order valence-electron chi connectivity index (χ1n) is 7.72. The lowest BCUT2D eigenvalue weighted by Crippen LogP contribution is -2.20. The Labute approximate surface area is 159 Å². The second kappa shape index (κ2) is 8.16. The zero-order chi connectivity index (χ0) is 18.5. The van der Waals surface area contributed by atoms with Gasteiger partial charge in [0, 0.05) is 22.1 Å². The SMILES string of the molecule is COc1ccc(-c2nsc(NC(=O)COc3ccc(Cl)c(C)c3)n2)cc1. The van der Waals surface area contributed by atoms with Crippen LogP contribution < -0.4 is 14.8 Å². The Balaban J connectivity index is 1.57. The van der Waals surface area contributed by atoms with Gasteiger partial charge in [-0.15, -0.1) is 0 Å². The number of amides is 1. The molecule has 0 spiro atoms. The normalized spacial score (nSPS) is 10.4. The summed E-state index contributed by atoms with van der Waals surface area (Å²) in [5, 5.41) is 3.75. The first-order valence-corrected chi connectivity index (χ1v) is 8.87. The molecule has 0 saturated carbocycles. The number of nitrogens with zero attached hydrogens (tertiary/aromatic N) is 2. The third kappa shape index (κ3) is 4.50. The number of nitrogens with one attached hydrogen (secondary N) is 1. The number of methoxy groups -OCH3 is 1. The molecule has 1 amide bonds.